The van der Waals surface area contributed by atoms with Crippen molar-refractivity contribution in [2.45, 2.75) is 37.0 Å². The molecule has 1 aromatic rings. The van der Waals surface area contributed by atoms with Gasteiger partial charge < -0.3 is 11.1 Å². The van der Waals surface area contributed by atoms with Crippen LogP contribution in [-0.4, -0.2) is 32.0 Å². The molecule has 6 heteroatoms. The standard InChI is InChI=1S/C14H21BrN2O2S/c1-10-6-11(15)8-12(7-10)17-14(9-16)5-3-4-13(14)20(2,18)19/h6-8,13,17H,3-5,9,16H2,1-2H3. The van der Waals surface area contributed by atoms with Crippen LogP contribution in [0, 0.1) is 6.92 Å². The van der Waals surface area contributed by atoms with Gasteiger partial charge >= 0.3 is 0 Å². The molecule has 1 saturated carbocycles. The third-order valence-electron chi connectivity index (χ3n) is 4.02. The van der Waals surface area contributed by atoms with Crippen LogP contribution in [-0.2, 0) is 9.84 Å². The molecule has 0 spiro atoms. The van der Waals surface area contributed by atoms with E-state index in [4.69, 9.17) is 5.73 Å². The summed E-state index contributed by atoms with van der Waals surface area (Å²) in [6.45, 7) is 2.32. The van der Waals surface area contributed by atoms with E-state index in [0.29, 0.717) is 13.0 Å². The van der Waals surface area contributed by atoms with Gasteiger partial charge in [-0.1, -0.05) is 15.9 Å². The number of nitrogens with two attached hydrogens (primary N) is 1. The second kappa shape index (κ2) is 5.66. The zero-order chi connectivity index (χ0) is 15.0. The van der Waals surface area contributed by atoms with Gasteiger partial charge in [0, 0.05) is 23.0 Å². The number of benzene rings is 1. The fourth-order valence-electron chi connectivity index (χ4n) is 3.19. The van der Waals surface area contributed by atoms with Gasteiger partial charge in [-0.05, 0) is 49.9 Å². The van der Waals surface area contributed by atoms with Gasteiger partial charge in [0.2, 0.25) is 0 Å². The SMILES string of the molecule is Cc1cc(Br)cc(NC2(CN)CCCC2S(C)(=O)=O)c1. The Balaban J connectivity index is 2.36. The summed E-state index contributed by atoms with van der Waals surface area (Å²) in [6, 6.07) is 5.99. The highest BCUT2D eigenvalue weighted by Crippen LogP contribution is 2.37. The van der Waals surface area contributed by atoms with E-state index in [9.17, 15) is 8.42 Å². The zero-order valence-electron chi connectivity index (χ0n) is 11.8. The second-order valence-electron chi connectivity index (χ2n) is 5.71. The molecule has 2 rings (SSSR count). The Bertz CT molecular complexity index is 583. The summed E-state index contributed by atoms with van der Waals surface area (Å²) in [5.41, 5.74) is 7.41. The highest BCUT2D eigenvalue weighted by atomic mass is 79.9. The van der Waals surface area contributed by atoms with Crippen molar-refractivity contribution in [2.24, 2.45) is 5.73 Å². The Kier molecular flexibility index (Phi) is 4.47. The number of aryl methyl sites for hydroxylation is 1. The van der Waals surface area contributed by atoms with Gasteiger partial charge in [-0.3, -0.25) is 0 Å². The first-order chi connectivity index (χ1) is 9.27. The summed E-state index contributed by atoms with van der Waals surface area (Å²) in [7, 11) is -3.12. The van der Waals surface area contributed by atoms with E-state index >= 15 is 0 Å². The van der Waals surface area contributed by atoms with E-state index in [2.05, 4.69) is 21.2 Å². The Labute approximate surface area is 129 Å². The summed E-state index contributed by atoms with van der Waals surface area (Å²) in [4.78, 5) is 0. The molecule has 1 aliphatic rings. The zero-order valence-corrected chi connectivity index (χ0v) is 14.2. The van der Waals surface area contributed by atoms with Gasteiger partial charge in [-0.2, -0.15) is 0 Å². The normalized spacial score (nSPS) is 26.7. The lowest BCUT2D eigenvalue weighted by molar-refractivity contribution is 0.479. The molecule has 0 radical (unpaired) electrons. The number of halogens is 1. The van der Waals surface area contributed by atoms with Gasteiger partial charge in [0.25, 0.3) is 0 Å². The predicted octanol–water partition coefficient (Wildman–Crippen LogP) is 2.46. The molecule has 0 heterocycles. The molecular formula is C14H21BrN2O2S. The molecule has 2 unspecified atom stereocenters. The topological polar surface area (TPSA) is 72.2 Å². The number of hydrogen-bond acceptors (Lipinski definition) is 4. The fourth-order valence-corrected chi connectivity index (χ4v) is 5.48. The number of rotatable bonds is 4. The van der Waals surface area contributed by atoms with E-state index in [1.165, 1.54) is 6.26 Å². The number of sulfone groups is 1. The minimum absolute atomic E-state index is 0.316. The van der Waals surface area contributed by atoms with Gasteiger partial charge in [0.15, 0.2) is 9.84 Å². The number of hydrogen-bond donors (Lipinski definition) is 2. The lowest BCUT2D eigenvalue weighted by Crippen LogP contribution is -2.54. The molecule has 0 aromatic heterocycles. The van der Waals surface area contributed by atoms with Crippen LogP contribution in [0.5, 0.6) is 0 Å². The van der Waals surface area contributed by atoms with Crippen LogP contribution in [0.25, 0.3) is 0 Å². The van der Waals surface area contributed by atoms with Crippen LogP contribution < -0.4 is 11.1 Å². The van der Waals surface area contributed by atoms with Crippen LogP contribution in [0.1, 0.15) is 24.8 Å². The Hall–Kier alpha value is -0.590. The van der Waals surface area contributed by atoms with E-state index in [0.717, 1.165) is 28.6 Å². The molecule has 0 bridgehead atoms. The lowest BCUT2D eigenvalue weighted by atomic mass is 9.96. The summed E-state index contributed by atoms with van der Waals surface area (Å²) in [5.74, 6) is 0. The molecule has 4 nitrogen and oxygen atoms in total. The first-order valence-electron chi connectivity index (χ1n) is 6.71. The molecule has 20 heavy (non-hydrogen) atoms. The van der Waals surface area contributed by atoms with E-state index in [-0.39, 0.29) is 0 Å². The Morgan fingerprint density at radius 3 is 2.70 bits per heavy atom. The Morgan fingerprint density at radius 1 is 1.45 bits per heavy atom. The van der Waals surface area contributed by atoms with Gasteiger partial charge in [0.1, 0.15) is 0 Å². The highest BCUT2D eigenvalue weighted by Gasteiger charge is 2.47. The monoisotopic (exact) mass is 360 g/mol. The van der Waals surface area contributed by atoms with E-state index < -0.39 is 20.6 Å². The van der Waals surface area contributed by atoms with Crippen LogP contribution in [0.3, 0.4) is 0 Å². The first-order valence-corrected chi connectivity index (χ1v) is 9.46. The smallest absolute Gasteiger partial charge is 0.152 e. The quantitative estimate of drug-likeness (QED) is 0.864. The van der Waals surface area contributed by atoms with Gasteiger partial charge in [-0.25, -0.2) is 8.42 Å². The summed E-state index contributed by atoms with van der Waals surface area (Å²) in [6.07, 6.45) is 3.65. The molecule has 112 valence electrons. The number of nitrogens with one attached hydrogen (secondary N) is 1. The van der Waals surface area contributed by atoms with Gasteiger partial charge in [0.05, 0.1) is 10.8 Å². The molecule has 1 fully saturated rings. The fraction of sp³-hybridized carbons (Fsp3) is 0.571. The van der Waals surface area contributed by atoms with E-state index in [1.54, 1.807) is 0 Å². The van der Waals surface area contributed by atoms with Crippen LogP contribution in [0.4, 0.5) is 5.69 Å². The molecule has 0 aliphatic heterocycles. The summed E-state index contributed by atoms with van der Waals surface area (Å²) < 4.78 is 25.0. The van der Waals surface area contributed by atoms with Crippen LogP contribution in [0.2, 0.25) is 0 Å². The average Bonchev–Trinajstić information content (AvgIpc) is 2.71. The lowest BCUT2D eigenvalue weighted by Gasteiger charge is -2.35. The van der Waals surface area contributed by atoms with Crippen molar-refractivity contribution >= 4 is 31.5 Å². The van der Waals surface area contributed by atoms with Crippen LogP contribution >= 0.6 is 15.9 Å². The third kappa shape index (κ3) is 3.18. The third-order valence-corrected chi connectivity index (χ3v) is 6.20. The molecule has 0 saturated heterocycles. The largest absolute Gasteiger partial charge is 0.377 e. The maximum atomic E-state index is 12.0. The maximum Gasteiger partial charge on any atom is 0.152 e. The van der Waals surface area contributed by atoms with Gasteiger partial charge in [-0.15, -0.1) is 0 Å². The maximum absolute atomic E-state index is 12.0. The molecule has 3 N–H and O–H groups in total. The minimum atomic E-state index is -3.12. The summed E-state index contributed by atoms with van der Waals surface area (Å²) in [5, 5.41) is 2.99. The molecule has 0 amide bonds. The molecule has 1 aliphatic carbocycles. The van der Waals surface area contributed by atoms with Crippen molar-refractivity contribution in [1.29, 1.82) is 0 Å². The average molecular weight is 361 g/mol. The second-order valence-corrected chi connectivity index (χ2v) is 8.86. The Morgan fingerprint density at radius 2 is 2.15 bits per heavy atom. The van der Waals surface area contributed by atoms with Crippen molar-refractivity contribution < 1.29 is 8.42 Å². The minimum Gasteiger partial charge on any atom is -0.377 e. The van der Waals surface area contributed by atoms with E-state index in [1.807, 2.05) is 25.1 Å². The van der Waals surface area contributed by atoms with Crippen molar-refractivity contribution in [1.82, 2.24) is 0 Å². The first kappa shape index (κ1) is 15.8. The van der Waals surface area contributed by atoms with Crippen molar-refractivity contribution in [2.75, 3.05) is 18.1 Å². The van der Waals surface area contributed by atoms with Crippen LogP contribution in [0.15, 0.2) is 22.7 Å². The highest BCUT2D eigenvalue weighted by molar-refractivity contribution is 9.10. The molecular weight excluding hydrogens is 340 g/mol. The van der Waals surface area contributed by atoms with Crippen molar-refractivity contribution in [3.63, 3.8) is 0 Å². The molecule has 2 atom stereocenters. The predicted molar refractivity (Wildman–Crippen MR) is 86.8 cm³/mol. The van der Waals surface area contributed by atoms with Crippen molar-refractivity contribution in [3.8, 4) is 0 Å². The molecule has 1 aromatic carbocycles. The summed E-state index contributed by atoms with van der Waals surface area (Å²) >= 11 is 3.47. The van der Waals surface area contributed by atoms with Crippen molar-refractivity contribution in [3.05, 3.63) is 28.2 Å². The number of anilines is 1.